The molecular formula is C14H13FN2O3. The molecule has 0 fully saturated rings. The van der Waals surface area contributed by atoms with Gasteiger partial charge in [-0.3, -0.25) is 14.9 Å². The molecule has 0 bridgehead atoms. The Morgan fingerprint density at radius 2 is 2.15 bits per heavy atom. The summed E-state index contributed by atoms with van der Waals surface area (Å²) in [5.41, 5.74) is 0.664. The number of ketones is 1. The number of benzene rings is 1. The average molecular weight is 276 g/mol. The first kappa shape index (κ1) is 13.9. The van der Waals surface area contributed by atoms with Crippen molar-refractivity contribution in [3.05, 3.63) is 63.7 Å². The molecule has 0 saturated heterocycles. The maximum absolute atomic E-state index is 13.5. The van der Waals surface area contributed by atoms with Crippen molar-refractivity contribution in [3.63, 3.8) is 0 Å². The highest BCUT2D eigenvalue weighted by atomic mass is 19.1. The van der Waals surface area contributed by atoms with Gasteiger partial charge in [-0.2, -0.15) is 4.39 Å². The van der Waals surface area contributed by atoms with Gasteiger partial charge < -0.3 is 4.57 Å². The fourth-order valence-electron chi connectivity index (χ4n) is 1.92. The SMILES string of the molecule is CCC(=O)c1ccn(Cc2ccc([N+](=O)[O-])c(F)c2)c1. The third-order valence-corrected chi connectivity index (χ3v) is 2.97. The number of nitro groups is 1. The zero-order valence-corrected chi connectivity index (χ0v) is 10.9. The first-order valence-corrected chi connectivity index (χ1v) is 6.13. The van der Waals surface area contributed by atoms with Crippen LogP contribution in [-0.4, -0.2) is 15.3 Å². The molecule has 0 saturated carbocycles. The van der Waals surface area contributed by atoms with Gasteiger partial charge in [-0.15, -0.1) is 0 Å². The minimum absolute atomic E-state index is 0.0404. The molecule has 0 aliphatic carbocycles. The number of nitrogens with zero attached hydrogens (tertiary/aromatic N) is 2. The molecule has 1 aromatic carbocycles. The van der Waals surface area contributed by atoms with Crippen LogP contribution in [0, 0.1) is 15.9 Å². The minimum atomic E-state index is -0.857. The molecule has 0 aliphatic heterocycles. The third-order valence-electron chi connectivity index (χ3n) is 2.97. The molecule has 1 aromatic heterocycles. The van der Waals surface area contributed by atoms with E-state index in [1.54, 1.807) is 30.0 Å². The van der Waals surface area contributed by atoms with E-state index in [-0.39, 0.29) is 5.78 Å². The van der Waals surface area contributed by atoms with Gasteiger partial charge in [0.2, 0.25) is 5.82 Å². The van der Waals surface area contributed by atoms with Crippen molar-refractivity contribution in [3.8, 4) is 0 Å². The molecule has 104 valence electrons. The van der Waals surface area contributed by atoms with E-state index in [4.69, 9.17) is 0 Å². The molecule has 0 spiro atoms. The normalized spacial score (nSPS) is 10.5. The van der Waals surface area contributed by atoms with Crippen LogP contribution in [0.5, 0.6) is 0 Å². The molecule has 0 radical (unpaired) electrons. The lowest BCUT2D eigenvalue weighted by Gasteiger charge is -2.03. The van der Waals surface area contributed by atoms with Gasteiger partial charge in [0, 0.05) is 37.0 Å². The van der Waals surface area contributed by atoms with Crippen LogP contribution in [0.1, 0.15) is 29.3 Å². The van der Waals surface area contributed by atoms with Crippen molar-refractivity contribution in [1.29, 1.82) is 0 Å². The van der Waals surface area contributed by atoms with E-state index in [0.29, 0.717) is 24.1 Å². The number of carbonyl (C=O) groups is 1. The number of Topliss-reactive ketones (excluding diaryl/α,β-unsaturated/α-hetero) is 1. The molecule has 0 aliphatic rings. The molecular weight excluding hydrogens is 263 g/mol. The molecule has 0 unspecified atom stereocenters. The second-order valence-corrected chi connectivity index (χ2v) is 4.39. The molecule has 2 aromatic rings. The first-order chi connectivity index (χ1) is 9.51. The zero-order chi connectivity index (χ0) is 14.7. The fourth-order valence-corrected chi connectivity index (χ4v) is 1.92. The standard InChI is InChI=1S/C14H13FN2O3/c1-2-14(18)11-5-6-16(9-11)8-10-3-4-13(17(19)20)12(15)7-10/h3-7,9H,2,8H2,1H3. The number of nitro benzene ring substituents is 1. The summed E-state index contributed by atoms with van der Waals surface area (Å²) in [5, 5.41) is 10.5. The lowest BCUT2D eigenvalue weighted by molar-refractivity contribution is -0.387. The maximum Gasteiger partial charge on any atom is 0.304 e. The number of hydrogen-bond acceptors (Lipinski definition) is 3. The monoisotopic (exact) mass is 276 g/mol. The van der Waals surface area contributed by atoms with Crippen LogP contribution < -0.4 is 0 Å². The van der Waals surface area contributed by atoms with E-state index in [1.807, 2.05) is 0 Å². The van der Waals surface area contributed by atoms with Crippen LogP contribution >= 0.6 is 0 Å². The second kappa shape index (κ2) is 5.64. The van der Waals surface area contributed by atoms with Gasteiger partial charge in [0.25, 0.3) is 0 Å². The highest BCUT2D eigenvalue weighted by Gasteiger charge is 2.14. The molecule has 0 amide bonds. The van der Waals surface area contributed by atoms with E-state index >= 15 is 0 Å². The minimum Gasteiger partial charge on any atom is -0.349 e. The predicted molar refractivity (Wildman–Crippen MR) is 71.2 cm³/mol. The summed E-state index contributed by atoms with van der Waals surface area (Å²) in [5.74, 6) is -0.817. The van der Waals surface area contributed by atoms with Gasteiger partial charge in [0.05, 0.1) is 4.92 Å². The topological polar surface area (TPSA) is 65.1 Å². The summed E-state index contributed by atoms with van der Waals surface area (Å²) in [6.07, 6.45) is 3.84. The van der Waals surface area contributed by atoms with Crippen LogP contribution in [0.2, 0.25) is 0 Å². The largest absolute Gasteiger partial charge is 0.349 e. The summed E-state index contributed by atoms with van der Waals surface area (Å²) in [4.78, 5) is 21.3. The Kier molecular flexibility index (Phi) is 3.93. The Labute approximate surface area is 114 Å². The molecule has 0 atom stereocenters. The van der Waals surface area contributed by atoms with Crippen molar-refractivity contribution in [2.24, 2.45) is 0 Å². The summed E-state index contributed by atoms with van der Waals surface area (Å²) in [6, 6.07) is 5.49. The van der Waals surface area contributed by atoms with E-state index < -0.39 is 16.4 Å². The molecule has 20 heavy (non-hydrogen) atoms. The maximum atomic E-state index is 13.5. The van der Waals surface area contributed by atoms with Crippen molar-refractivity contribution in [2.45, 2.75) is 19.9 Å². The van der Waals surface area contributed by atoms with Gasteiger partial charge in [-0.25, -0.2) is 0 Å². The lowest BCUT2D eigenvalue weighted by Crippen LogP contribution is -2.00. The second-order valence-electron chi connectivity index (χ2n) is 4.39. The van der Waals surface area contributed by atoms with E-state index in [0.717, 1.165) is 12.1 Å². The van der Waals surface area contributed by atoms with Crippen molar-refractivity contribution >= 4 is 11.5 Å². The van der Waals surface area contributed by atoms with E-state index in [1.165, 1.54) is 6.07 Å². The number of carbonyl (C=O) groups excluding carboxylic acids is 1. The van der Waals surface area contributed by atoms with E-state index in [2.05, 4.69) is 0 Å². The van der Waals surface area contributed by atoms with Crippen LogP contribution in [-0.2, 0) is 6.54 Å². The van der Waals surface area contributed by atoms with Gasteiger partial charge in [0.1, 0.15) is 0 Å². The Morgan fingerprint density at radius 3 is 2.75 bits per heavy atom. The Morgan fingerprint density at radius 1 is 1.40 bits per heavy atom. The number of aromatic nitrogens is 1. The smallest absolute Gasteiger partial charge is 0.304 e. The Hall–Kier alpha value is -2.50. The Balaban J connectivity index is 2.18. The van der Waals surface area contributed by atoms with Crippen LogP contribution in [0.15, 0.2) is 36.7 Å². The van der Waals surface area contributed by atoms with Gasteiger partial charge in [-0.1, -0.05) is 13.0 Å². The number of rotatable bonds is 5. The highest BCUT2D eigenvalue weighted by Crippen LogP contribution is 2.19. The molecule has 1 heterocycles. The van der Waals surface area contributed by atoms with Crippen molar-refractivity contribution in [1.82, 2.24) is 4.57 Å². The summed E-state index contributed by atoms with van der Waals surface area (Å²) in [7, 11) is 0. The van der Waals surface area contributed by atoms with Crippen LogP contribution in [0.3, 0.4) is 0 Å². The quantitative estimate of drug-likeness (QED) is 0.478. The van der Waals surface area contributed by atoms with Gasteiger partial charge in [-0.05, 0) is 17.7 Å². The number of halogens is 1. The van der Waals surface area contributed by atoms with Gasteiger partial charge in [0.15, 0.2) is 5.78 Å². The van der Waals surface area contributed by atoms with E-state index in [9.17, 15) is 19.3 Å². The summed E-state index contributed by atoms with van der Waals surface area (Å²) >= 11 is 0. The van der Waals surface area contributed by atoms with Crippen molar-refractivity contribution < 1.29 is 14.1 Å². The molecule has 2 rings (SSSR count). The van der Waals surface area contributed by atoms with Crippen molar-refractivity contribution in [2.75, 3.05) is 0 Å². The van der Waals surface area contributed by atoms with Crippen LogP contribution in [0.4, 0.5) is 10.1 Å². The molecule has 5 nitrogen and oxygen atoms in total. The molecule has 0 N–H and O–H groups in total. The summed E-state index contributed by atoms with van der Waals surface area (Å²) < 4.78 is 15.2. The predicted octanol–water partition coefficient (Wildman–Crippen LogP) is 3.18. The number of hydrogen-bond donors (Lipinski definition) is 0. The van der Waals surface area contributed by atoms with Gasteiger partial charge >= 0.3 is 5.69 Å². The van der Waals surface area contributed by atoms with Crippen LogP contribution in [0.25, 0.3) is 0 Å². The Bertz CT molecular complexity index is 664. The summed E-state index contributed by atoms with van der Waals surface area (Å²) in [6.45, 7) is 2.14. The first-order valence-electron chi connectivity index (χ1n) is 6.13. The zero-order valence-electron chi connectivity index (χ0n) is 10.9. The molecule has 6 heteroatoms. The fraction of sp³-hybridized carbons (Fsp3) is 0.214. The highest BCUT2D eigenvalue weighted by molar-refractivity contribution is 5.95. The lowest BCUT2D eigenvalue weighted by atomic mass is 10.2. The third kappa shape index (κ3) is 2.90. The average Bonchev–Trinajstić information content (AvgIpc) is 2.86.